The second kappa shape index (κ2) is 8.41. The minimum absolute atomic E-state index is 0. The quantitative estimate of drug-likeness (QED) is 0.656. The number of benzene rings is 1. The summed E-state index contributed by atoms with van der Waals surface area (Å²) in [6.07, 6.45) is 2.76. The molecule has 6 heteroatoms. The highest BCUT2D eigenvalue weighted by Crippen LogP contribution is 2.26. The van der Waals surface area contributed by atoms with Crippen LogP contribution in [0.25, 0.3) is 11.1 Å². The van der Waals surface area contributed by atoms with Crippen molar-refractivity contribution in [2.24, 2.45) is 0 Å². The third kappa shape index (κ3) is 4.12. The first-order chi connectivity index (χ1) is 14.1. The highest BCUT2D eigenvalue weighted by Gasteiger charge is 2.18. The van der Waals surface area contributed by atoms with Gasteiger partial charge in [-0.25, -0.2) is 9.97 Å². The van der Waals surface area contributed by atoms with Crippen LogP contribution in [0.2, 0.25) is 0 Å². The molecule has 1 aliphatic rings. The number of ketones is 1. The van der Waals surface area contributed by atoms with Crippen LogP contribution in [0.4, 0.5) is 11.6 Å². The number of carbonyl (C=O) groups is 1. The molecule has 1 aromatic carbocycles. The molecule has 0 spiro atoms. The smallest absolute Gasteiger partial charge is 0.215 e. The molecule has 0 amide bonds. The van der Waals surface area contributed by atoms with Crippen LogP contribution in [0.15, 0.2) is 54.7 Å². The molecule has 1 fully saturated rings. The van der Waals surface area contributed by atoms with Crippen molar-refractivity contribution in [3.05, 3.63) is 71.5 Å². The van der Waals surface area contributed by atoms with Gasteiger partial charge in [-0.1, -0.05) is 30.3 Å². The number of anilines is 2. The van der Waals surface area contributed by atoms with E-state index in [1.807, 2.05) is 49.4 Å². The van der Waals surface area contributed by atoms with Gasteiger partial charge in [0.05, 0.1) is 5.56 Å². The number of nitrogen functional groups attached to an aromatic ring is 1. The van der Waals surface area contributed by atoms with Crippen molar-refractivity contribution in [3.8, 4) is 11.1 Å². The minimum atomic E-state index is -0.208. The maximum Gasteiger partial charge on any atom is 0.215 e. The number of hydrogen-bond acceptors (Lipinski definition) is 6. The molecule has 0 aliphatic carbocycles. The first kappa shape index (κ1) is 19.1. The summed E-state index contributed by atoms with van der Waals surface area (Å²) in [6, 6.07) is 15.4. The fraction of sp³-hybridized carbons (Fsp3) is 0.261. The van der Waals surface area contributed by atoms with E-state index < -0.39 is 0 Å². The molecule has 154 valence electrons. The van der Waals surface area contributed by atoms with Crippen LogP contribution in [0.1, 0.15) is 32.3 Å². The van der Waals surface area contributed by atoms with Gasteiger partial charge < -0.3 is 16.0 Å². The van der Waals surface area contributed by atoms with Crippen LogP contribution in [0.3, 0.4) is 0 Å². The number of nitrogens with zero attached hydrogens (tertiary/aromatic N) is 3. The maximum atomic E-state index is 13.2. The van der Waals surface area contributed by atoms with Crippen molar-refractivity contribution in [1.29, 1.82) is 0 Å². The van der Waals surface area contributed by atoms with Crippen molar-refractivity contribution in [1.82, 2.24) is 15.3 Å². The lowest BCUT2D eigenvalue weighted by molar-refractivity contribution is 0.103. The van der Waals surface area contributed by atoms with Crippen LogP contribution in [-0.2, 0) is 0 Å². The van der Waals surface area contributed by atoms with E-state index in [-0.39, 0.29) is 15.9 Å². The highest BCUT2D eigenvalue weighted by molar-refractivity contribution is 6.11. The third-order valence-corrected chi connectivity index (χ3v) is 5.25. The summed E-state index contributed by atoms with van der Waals surface area (Å²) < 4.78 is 0. The number of pyridine rings is 2. The van der Waals surface area contributed by atoms with E-state index in [9.17, 15) is 4.79 Å². The number of nitrogens with one attached hydrogen (secondary N) is 1. The number of nitrogens with two attached hydrogens (primary N) is 1. The average molecular weight is 394 g/mol. The van der Waals surface area contributed by atoms with Gasteiger partial charge in [-0.2, -0.15) is 0 Å². The van der Waals surface area contributed by atoms with Crippen molar-refractivity contribution >= 4 is 17.4 Å². The summed E-state index contributed by atoms with van der Waals surface area (Å²) in [5.74, 6) is 0.833. The fourth-order valence-electron chi connectivity index (χ4n) is 3.64. The van der Waals surface area contributed by atoms with Crippen molar-refractivity contribution in [2.45, 2.75) is 13.3 Å². The van der Waals surface area contributed by atoms with Crippen LogP contribution < -0.4 is 16.0 Å². The number of carbonyl (C=O) groups excluding carboxylic acids is 1. The van der Waals surface area contributed by atoms with Crippen LogP contribution in [0, 0.1) is 6.92 Å². The molecule has 3 aromatic rings. The fourth-order valence-corrected chi connectivity index (χ4v) is 3.64. The van der Waals surface area contributed by atoms with E-state index in [2.05, 4.69) is 20.2 Å². The van der Waals surface area contributed by atoms with Crippen LogP contribution >= 0.6 is 0 Å². The summed E-state index contributed by atoms with van der Waals surface area (Å²) in [4.78, 5) is 24.4. The molecule has 0 radical (unpaired) electrons. The molecular formula is C23H31N5O. The molecule has 0 bridgehead atoms. The monoisotopic (exact) mass is 393 g/mol. The Morgan fingerprint density at radius 1 is 1.14 bits per heavy atom. The zero-order chi connectivity index (χ0) is 20.2. The average Bonchev–Trinajstić information content (AvgIpc) is 3.04. The molecular weight excluding hydrogens is 362 g/mol. The minimum Gasteiger partial charge on any atom is -0.383 e. The van der Waals surface area contributed by atoms with E-state index in [0.29, 0.717) is 11.3 Å². The molecule has 3 heterocycles. The first-order valence-electron chi connectivity index (χ1n) is 9.92. The normalized spacial score (nSPS) is 14.4. The molecule has 0 unspecified atom stereocenters. The van der Waals surface area contributed by atoms with Crippen molar-refractivity contribution in [2.75, 3.05) is 36.8 Å². The molecule has 4 rings (SSSR count). The summed E-state index contributed by atoms with van der Waals surface area (Å²) in [5.41, 5.74) is 9.86. The lowest BCUT2D eigenvalue weighted by Crippen LogP contribution is -2.29. The van der Waals surface area contributed by atoms with Gasteiger partial charge in [0, 0.05) is 35.7 Å². The Kier molecular flexibility index (Phi) is 5.53. The van der Waals surface area contributed by atoms with Gasteiger partial charge in [0.25, 0.3) is 0 Å². The number of rotatable bonds is 4. The molecule has 0 saturated carbocycles. The van der Waals surface area contributed by atoms with Crippen molar-refractivity contribution in [3.63, 3.8) is 0 Å². The molecule has 2 aromatic heterocycles. The lowest BCUT2D eigenvalue weighted by Gasteiger charge is -2.21. The van der Waals surface area contributed by atoms with Crippen LogP contribution in [0.5, 0.6) is 0 Å². The van der Waals surface area contributed by atoms with Gasteiger partial charge in [0.15, 0.2) is 0 Å². The Labute approximate surface area is 175 Å². The zero-order valence-electron chi connectivity index (χ0n) is 16.6. The molecule has 1 saturated heterocycles. The van der Waals surface area contributed by atoms with Gasteiger partial charge in [0.1, 0.15) is 17.3 Å². The van der Waals surface area contributed by atoms with E-state index in [1.165, 1.54) is 0 Å². The third-order valence-electron chi connectivity index (χ3n) is 5.25. The number of aromatic nitrogens is 2. The van der Waals surface area contributed by atoms with Gasteiger partial charge in [-0.3, -0.25) is 4.79 Å². The number of aryl methyl sites for hydroxylation is 1. The van der Waals surface area contributed by atoms with Crippen LogP contribution in [-0.4, -0.2) is 41.9 Å². The van der Waals surface area contributed by atoms with Gasteiger partial charge in [0.2, 0.25) is 5.78 Å². The lowest BCUT2D eigenvalue weighted by atomic mass is 9.99. The topological polar surface area (TPSA) is 84.1 Å². The Morgan fingerprint density at radius 3 is 2.86 bits per heavy atom. The Morgan fingerprint density at radius 2 is 2.00 bits per heavy atom. The SMILES string of the molecule is Cc1ccccc1-c1cnc(N)c(C(=O)c2cccc(N3CCCNCC3)n2)c1.[HH].[HH].[HH]. The summed E-state index contributed by atoms with van der Waals surface area (Å²) in [6.45, 7) is 5.74. The summed E-state index contributed by atoms with van der Waals surface area (Å²) in [7, 11) is 0. The maximum absolute atomic E-state index is 13.2. The molecule has 3 N–H and O–H groups in total. The predicted molar refractivity (Wildman–Crippen MR) is 123 cm³/mol. The predicted octanol–water partition coefficient (Wildman–Crippen LogP) is 3.80. The highest BCUT2D eigenvalue weighted by atomic mass is 16.1. The second-order valence-corrected chi connectivity index (χ2v) is 7.27. The van der Waals surface area contributed by atoms with Gasteiger partial charge in [-0.15, -0.1) is 0 Å². The van der Waals surface area contributed by atoms with Gasteiger partial charge >= 0.3 is 0 Å². The van der Waals surface area contributed by atoms with Crippen molar-refractivity contribution < 1.29 is 9.07 Å². The molecule has 6 nitrogen and oxygen atoms in total. The molecule has 1 aliphatic heterocycles. The second-order valence-electron chi connectivity index (χ2n) is 7.27. The molecule has 29 heavy (non-hydrogen) atoms. The van der Waals surface area contributed by atoms with Gasteiger partial charge in [-0.05, 0) is 49.2 Å². The summed E-state index contributed by atoms with van der Waals surface area (Å²) in [5, 5.41) is 3.38. The zero-order valence-corrected chi connectivity index (χ0v) is 16.6. The Hall–Kier alpha value is -3.25. The first-order valence-corrected chi connectivity index (χ1v) is 9.92. The Balaban J connectivity index is 0.00000171. The molecule has 0 atom stereocenters. The van der Waals surface area contributed by atoms with E-state index in [0.717, 1.165) is 55.1 Å². The van der Waals surface area contributed by atoms with E-state index in [1.54, 1.807) is 12.3 Å². The summed E-state index contributed by atoms with van der Waals surface area (Å²) >= 11 is 0. The van der Waals surface area contributed by atoms with E-state index >= 15 is 0 Å². The van der Waals surface area contributed by atoms with E-state index in [4.69, 9.17) is 5.73 Å². The standard InChI is InChI=1S/C23H25N5O.3H2/c1-16-6-2-3-7-18(16)17-14-19(23(24)26-15-17)22(29)20-8-4-9-21(27-20)28-12-5-10-25-11-13-28;;;/h2-4,6-9,14-15,25H,5,10-13H2,1H3,(H2,24,26);3*1H. The Bertz CT molecular complexity index is 1040. The largest absolute Gasteiger partial charge is 0.383 e. The number of hydrogen-bond donors (Lipinski definition) is 2.